The summed E-state index contributed by atoms with van der Waals surface area (Å²) in [5.41, 5.74) is 2.26. The van der Waals surface area contributed by atoms with Gasteiger partial charge in [-0.3, -0.25) is 4.79 Å². The molecule has 0 saturated carbocycles. The first-order valence-electron chi connectivity index (χ1n) is 9.49. The number of rotatable bonds is 5. The molecule has 2 aromatic carbocycles. The Morgan fingerprint density at radius 1 is 1.24 bits per heavy atom. The van der Waals surface area contributed by atoms with Gasteiger partial charge in [-0.1, -0.05) is 41.9 Å². The molecule has 0 radical (unpaired) electrons. The summed E-state index contributed by atoms with van der Waals surface area (Å²) in [5, 5.41) is 0.492. The molecule has 0 aromatic heterocycles. The van der Waals surface area contributed by atoms with Crippen LogP contribution in [0.5, 0.6) is 0 Å². The van der Waals surface area contributed by atoms with Gasteiger partial charge in [-0.05, 0) is 50.1 Å². The number of ether oxygens (including phenoxy) is 1. The fourth-order valence-electron chi connectivity index (χ4n) is 3.59. The van der Waals surface area contributed by atoms with Gasteiger partial charge in [0.15, 0.2) is 0 Å². The Balaban J connectivity index is 2.06. The molecule has 29 heavy (non-hydrogen) atoms. The van der Waals surface area contributed by atoms with E-state index in [2.05, 4.69) is 0 Å². The molecule has 0 unspecified atom stereocenters. The summed E-state index contributed by atoms with van der Waals surface area (Å²) in [6.45, 7) is 5.45. The van der Waals surface area contributed by atoms with Crippen molar-refractivity contribution < 1.29 is 18.7 Å². The molecule has 0 aliphatic carbocycles. The highest BCUT2D eigenvalue weighted by atomic mass is 35.5. The van der Waals surface area contributed by atoms with Gasteiger partial charge >= 0.3 is 5.97 Å². The molecule has 1 aliphatic rings. The maximum absolute atomic E-state index is 13.6. The van der Waals surface area contributed by atoms with Crippen molar-refractivity contribution in [2.45, 2.75) is 45.8 Å². The summed E-state index contributed by atoms with van der Waals surface area (Å²) >= 11 is 6.37. The first-order valence-corrected chi connectivity index (χ1v) is 9.86. The minimum Gasteiger partial charge on any atom is -0.460 e. The van der Waals surface area contributed by atoms with E-state index < -0.39 is 11.9 Å². The topological polar surface area (TPSA) is 46.6 Å². The van der Waals surface area contributed by atoms with Crippen LogP contribution in [0.3, 0.4) is 0 Å². The lowest BCUT2D eigenvalue weighted by Crippen LogP contribution is -2.38. The zero-order valence-electron chi connectivity index (χ0n) is 16.6. The van der Waals surface area contributed by atoms with Gasteiger partial charge in [0.25, 0.3) is 0 Å². The molecule has 0 fully saturated rings. The lowest BCUT2D eigenvalue weighted by molar-refractivity contribution is -0.143. The summed E-state index contributed by atoms with van der Waals surface area (Å²) in [6.07, 6.45) is -0.220. The molecule has 0 spiro atoms. The molecule has 0 N–H and O–H groups in total. The summed E-state index contributed by atoms with van der Waals surface area (Å²) in [7, 11) is 0. The Labute approximate surface area is 174 Å². The fourth-order valence-corrected chi connectivity index (χ4v) is 3.85. The van der Waals surface area contributed by atoms with E-state index in [0.29, 0.717) is 27.4 Å². The lowest BCUT2D eigenvalue weighted by Gasteiger charge is -2.35. The van der Waals surface area contributed by atoms with E-state index in [9.17, 15) is 14.0 Å². The quantitative estimate of drug-likeness (QED) is 0.629. The van der Waals surface area contributed by atoms with E-state index >= 15 is 0 Å². The standard InChI is InChI=1S/C23H23ClFNO3/c1-14(2)29-23(28)22-15(3)26(13-16-7-6-8-17(25)11-16)21(27)12-19(22)18-9-4-5-10-20(18)24/h4-11,14,19H,12-13H2,1-3H3/t19-/m1/s1. The highest BCUT2D eigenvalue weighted by Crippen LogP contribution is 2.40. The number of esters is 1. The summed E-state index contributed by atoms with van der Waals surface area (Å²) < 4.78 is 19.1. The lowest BCUT2D eigenvalue weighted by atomic mass is 9.83. The Kier molecular flexibility index (Phi) is 6.38. The average molecular weight is 416 g/mol. The SMILES string of the molecule is CC1=C(C(=O)OC(C)C)[C@@H](c2ccccc2Cl)CC(=O)N1Cc1cccc(F)c1. The second-order valence-corrected chi connectivity index (χ2v) is 7.75. The molecular formula is C23H23ClFNO3. The molecule has 0 saturated heterocycles. The maximum atomic E-state index is 13.6. The van der Waals surface area contributed by atoms with Crippen molar-refractivity contribution in [2.75, 3.05) is 0 Å². The number of hydrogen-bond donors (Lipinski definition) is 0. The molecule has 152 valence electrons. The molecule has 1 aliphatic heterocycles. The van der Waals surface area contributed by atoms with E-state index in [-0.39, 0.29) is 30.8 Å². The van der Waals surface area contributed by atoms with E-state index in [1.165, 1.54) is 17.0 Å². The van der Waals surface area contributed by atoms with E-state index in [1.807, 2.05) is 12.1 Å². The number of benzene rings is 2. The first kappa shape index (κ1) is 21.1. The Morgan fingerprint density at radius 3 is 2.62 bits per heavy atom. The van der Waals surface area contributed by atoms with Crippen LogP contribution < -0.4 is 0 Å². The predicted octanol–water partition coefficient (Wildman–Crippen LogP) is 5.22. The third-order valence-corrected chi connectivity index (χ3v) is 5.24. The fraction of sp³-hybridized carbons (Fsp3) is 0.304. The van der Waals surface area contributed by atoms with E-state index in [1.54, 1.807) is 45.0 Å². The number of amides is 1. The normalized spacial score (nSPS) is 17.1. The Morgan fingerprint density at radius 2 is 1.97 bits per heavy atom. The largest absolute Gasteiger partial charge is 0.460 e. The smallest absolute Gasteiger partial charge is 0.336 e. The highest BCUT2D eigenvalue weighted by Gasteiger charge is 2.38. The van der Waals surface area contributed by atoms with E-state index in [0.717, 1.165) is 0 Å². The summed E-state index contributed by atoms with van der Waals surface area (Å²) in [4.78, 5) is 27.4. The van der Waals surface area contributed by atoms with Crippen LogP contribution in [0.4, 0.5) is 4.39 Å². The van der Waals surface area contributed by atoms with Gasteiger partial charge in [-0.15, -0.1) is 0 Å². The molecule has 1 atom stereocenters. The van der Waals surface area contributed by atoms with Crippen LogP contribution in [0.1, 0.15) is 44.2 Å². The van der Waals surface area contributed by atoms with Crippen LogP contribution in [0, 0.1) is 5.82 Å². The Hall–Kier alpha value is -2.66. The third kappa shape index (κ3) is 4.67. The number of nitrogens with zero attached hydrogens (tertiary/aromatic N) is 1. The second kappa shape index (κ2) is 8.78. The minimum absolute atomic E-state index is 0.0823. The van der Waals surface area contributed by atoms with Gasteiger partial charge in [0.2, 0.25) is 5.91 Å². The van der Waals surface area contributed by atoms with Crippen molar-refractivity contribution in [3.05, 3.63) is 81.8 Å². The van der Waals surface area contributed by atoms with Crippen LogP contribution in [0.15, 0.2) is 59.8 Å². The van der Waals surface area contributed by atoms with Gasteiger partial charge in [-0.25, -0.2) is 9.18 Å². The van der Waals surface area contributed by atoms with E-state index in [4.69, 9.17) is 16.3 Å². The van der Waals surface area contributed by atoms with Crippen molar-refractivity contribution >= 4 is 23.5 Å². The number of hydrogen-bond acceptors (Lipinski definition) is 3. The zero-order valence-corrected chi connectivity index (χ0v) is 17.4. The van der Waals surface area contributed by atoms with Crippen molar-refractivity contribution in [1.29, 1.82) is 0 Å². The number of halogens is 2. The molecule has 1 heterocycles. The maximum Gasteiger partial charge on any atom is 0.336 e. The molecule has 1 amide bonds. The molecule has 4 nitrogen and oxygen atoms in total. The average Bonchev–Trinajstić information content (AvgIpc) is 2.64. The van der Waals surface area contributed by atoms with Crippen molar-refractivity contribution in [3.63, 3.8) is 0 Å². The Bertz CT molecular complexity index is 970. The van der Waals surface area contributed by atoms with Gasteiger partial charge in [0.1, 0.15) is 5.82 Å². The van der Waals surface area contributed by atoms with Crippen LogP contribution in [-0.2, 0) is 20.9 Å². The molecule has 0 bridgehead atoms. The predicted molar refractivity (Wildman–Crippen MR) is 110 cm³/mol. The van der Waals surface area contributed by atoms with Crippen molar-refractivity contribution in [1.82, 2.24) is 4.90 Å². The second-order valence-electron chi connectivity index (χ2n) is 7.34. The van der Waals surface area contributed by atoms with Gasteiger partial charge < -0.3 is 9.64 Å². The monoisotopic (exact) mass is 415 g/mol. The van der Waals surface area contributed by atoms with Gasteiger partial charge in [-0.2, -0.15) is 0 Å². The van der Waals surface area contributed by atoms with Crippen LogP contribution in [0.2, 0.25) is 5.02 Å². The van der Waals surface area contributed by atoms with Crippen LogP contribution in [0.25, 0.3) is 0 Å². The van der Waals surface area contributed by atoms with Gasteiger partial charge in [0.05, 0.1) is 18.2 Å². The highest BCUT2D eigenvalue weighted by molar-refractivity contribution is 6.31. The first-order chi connectivity index (χ1) is 13.8. The minimum atomic E-state index is -0.494. The number of carbonyl (C=O) groups is 2. The molecule has 6 heteroatoms. The summed E-state index contributed by atoms with van der Waals surface area (Å²) in [5.74, 6) is -1.50. The number of allylic oxidation sites excluding steroid dienone is 1. The number of carbonyl (C=O) groups excluding carboxylic acids is 2. The zero-order chi connectivity index (χ0) is 21.1. The van der Waals surface area contributed by atoms with Crippen molar-refractivity contribution in [2.24, 2.45) is 0 Å². The van der Waals surface area contributed by atoms with Crippen molar-refractivity contribution in [3.8, 4) is 0 Å². The van der Waals surface area contributed by atoms with Crippen LogP contribution in [-0.4, -0.2) is 22.9 Å². The van der Waals surface area contributed by atoms with Crippen LogP contribution >= 0.6 is 11.6 Å². The van der Waals surface area contributed by atoms with Gasteiger partial charge in [0, 0.05) is 23.1 Å². The third-order valence-electron chi connectivity index (χ3n) is 4.90. The summed E-state index contributed by atoms with van der Waals surface area (Å²) in [6, 6.07) is 13.3. The molecular weight excluding hydrogens is 393 g/mol. The molecule has 2 aromatic rings. The molecule has 3 rings (SSSR count).